The Hall–Kier alpha value is -1.10. The zero-order chi connectivity index (χ0) is 11.5. The van der Waals surface area contributed by atoms with Crippen LogP contribution in [-0.2, 0) is 9.59 Å². The van der Waals surface area contributed by atoms with E-state index in [2.05, 4.69) is 10.6 Å². The fourth-order valence-corrected chi connectivity index (χ4v) is 1.41. The number of nitrogens with one attached hydrogen (secondary N) is 2. The molecule has 2 unspecified atom stereocenters. The van der Waals surface area contributed by atoms with Crippen LogP contribution in [0.3, 0.4) is 0 Å². The zero-order valence-electron chi connectivity index (χ0n) is 9.30. The lowest BCUT2D eigenvalue weighted by Crippen LogP contribution is -2.53. The fourth-order valence-electron chi connectivity index (χ4n) is 1.41. The van der Waals surface area contributed by atoms with Gasteiger partial charge in [-0.2, -0.15) is 0 Å². The maximum atomic E-state index is 11.6. The second-order valence-electron chi connectivity index (χ2n) is 4.28. The molecule has 5 heteroatoms. The first-order chi connectivity index (χ1) is 6.95. The Morgan fingerprint density at radius 2 is 2.40 bits per heavy atom. The summed E-state index contributed by atoms with van der Waals surface area (Å²) < 4.78 is 0. The number of hydrogen-bond acceptors (Lipinski definition) is 3. The van der Waals surface area contributed by atoms with Gasteiger partial charge >= 0.3 is 0 Å². The van der Waals surface area contributed by atoms with Gasteiger partial charge in [-0.1, -0.05) is 6.92 Å². The van der Waals surface area contributed by atoms with Gasteiger partial charge in [0.05, 0.1) is 5.54 Å². The Morgan fingerprint density at radius 1 is 1.73 bits per heavy atom. The molecule has 1 fully saturated rings. The molecule has 0 aromatic rings. The van der Waals surface area contributed by atoms with Gasteiger partial charge in [-0.15, -0.1) is 0 Å². The van der Waals surface area contributed by atoms with Gasteiger partial charge in [0.15, 0.2) is 0 Å². The first-order valence-electron chi connectivity index (χ1n) is 5.32. The number of carbonyl (C=O) groups is 2. The van der Waals surface area contributed by atoms with E-state index in [1.54, 1.807) is 6.92 Å². The smallest absolute Gasteiger partial charge is 0.239 e. The molecular formula is C10H19N3O2. The van der Waals surface area contributed by atoms with Crippen LogP contribution in [-0.4, -0.2) is 29.9 Å². The molecule has 1 heterocycles. The van der Waals surface area contributed by atoms with Crippen molar-refractivity contribution in [1.82, 2.24) is 10.6 Å². The van der Waals surface area contributed by atoms with E-state index in [4.69, 9.17) is 5.73 Å². The van der Waals surface area contributed by atoms with Crippen molar-refractivity contribution in [2.45, 2.75) is 44.7 Å². The molecule has 4 N–H and O–H groups in total. The molecule has 1 saturated heterocycles. The molecule has 0 aliphatic carbocycles. The highest BCUT2D eigenvalue weighted by molar-refractivity contribution is 5.85. The lowest BCUT2D eigenvalue weighted by atomic mass is 9.99. The molecule has 86 valence electrons. The number of rotatable bonds is 4. The Kier molecular flexibility index (Phi) is 3.68. The van der Waals surface area contributed by atoms with Crippen molar-refractivity contribution in [3.63, 3.8) is 0 Å². The van der Waals surface area contributed by atoms with Crippen molar-refractivity contribution in [2.75, 3.05) is 6.54 Å². The summed E-state index contributed by atoms with van der Waals surface area (Å²) in [6, 6.07) is 0.0640. The van der Waals surface area contributed by atoms with Gasteiger partial charge < -0.3 is 16.4 Å². The van der Waals surface area contributed by atoms with Gasteiger partial charge in [-0.3, -0.25) is 9.59 Å². The molecule has 0 spiro atoms. The summed E-state index contributed by atoms with van der Waals surface area (Å²) in [6.45, 7) is 4.05. The Morgan fingerprint density at radius 3 is 2.87 bits per heavy atom. The van der Waals surface area contributed by atoms with E-state index in [1.807, 2.05) is 6.92 Å². The summed E-state index contributed by atoms with van der Waals surface area (Å²) in [4.78, 5) is 22.5. The van der Waals surface area contributed by atoms with Crippen molar-refractivity contribution < 1.29 is 9.59 Å². The fraction of sp³-hybridized carbons (Fsp3) is 0.800. The van der Waals surface area contributed by atoms with E-state index in [9.17, 15) is 9.59 Å². The van der Waals surface area contributed by atoms with Crippen LogP contribution < -0.4 is 16.4 Å². The van der Waals surface area contributed by atoms with Crippen LogP contribution in [0.4, 0.5) is 0 Å². The number of hydrogen-bond donors (Lipinski definition) is 3. The van der Waals surface area contributed by atoms with Crippen molar-refractivity contribution >= 4 is 11.8 Å². The summed E-state index contributed by atoms with van der Waals surface area (Å²) in [7, 11) is 0. The standard InChI is InChI=1S/C10H19N3O2/c1-3-10(2,11)9(15)12-6-7-4-5-8(14)13-7/h7H,3-6,11H2,1-2H3,(H,12,15)(H,13,14). The minimum atomic E-state index is -0.817. The van der Waals surface area contributed by atoms with E-state index in [1.165, 1.54) is 0 Å². The van der Waals surface area contributed by atoms with E-state index in [0.717, 1.165) is 6.42 Å². The first-order valence-corrected chi connectivity index (χ1v) is 5.32. The maximum absolute atomic E-state index is 11.6. The predicted molar refractivity (Wildman–Crippen MR) is 57.1 cm³/mol. The van der Waals surface area contributed by atoms with Gasteiger partial charge in [0.2, 0.25) is 11.8 Å². The Balaban J connectivity index is 2.31. The van der Waals surface area contributed by atoms with Crippen molar-refractivity contribution in [3.8, 4) is 0 Å². The molecule has 0 aromatic carbocycles. The molecule has 1 aliphatic heterocycles. The highest BCUT2D eigenvalue weighted by atomic mass is 16.2. The van der Waals surface area contributed by atoms with Crippen LogP contribution in [0.25, 0.3) is 0 Å². The summed E-state index contributed by atoms with van der Waals surface area (Å²) in [5, 5.41) is 5.54. The largest absolute Gasteiger partial charge is 0.352 e. The molecule has 5 nitrogen and oxygen atoms in total. The molecule has 2 amide bonds. The van der Waals surface area contributed by atoms with Crippen LogP contribution in [0, 0.1) is 0 Å². The van der Waals surface area contributed by atoms with E-state index in [0.29, 0.717) is 19.4 Å². The molecule has 1 aliphatic rings. The van der Waals surface area contributed by atoms with Gasteiger partial charge in [0, 0.05) is 19.0 Å². The van der Waals surface area contributed by atoms with Gasteiger partial charge in [0.25, 0.3) is 0 Å². The lowest BCUT2D eigenvalue weighted by Gasteiger charge is -2.22. The molecule has 15 heavy (non-hydrogen) atoms. The Bertz CT molecular complexity index is 263. The third-order valence-electron chi connectivity index (χ3n) is 2.85. The molecule has 1 rings (SSSR count). The van der Waals surface area contributed by atoms with Crippen LogP contribution >= 0.6 is 0 Å². The average molecular weight is 213 g/mol. The summed E-state index contributed by atoms with van der Waals surface area (Å²) >= 11 is 0. The van der Waals surface area contributed by atoms with Crippen molar-refractivity contribution in [3.05, 3.63) is 0 Å². The number of amides is 2. The minimum Gasteiger partial charge on any atom is -0.352 e. The van der Waals surface area contributed by atoms with E-state index < -0.39 is 5.54 Å². The second-order valence-corrected chi connectivity index (χ2v) is 4.28. The summed E-state index contributed by atoms with van der Waals surface area (Å²) in [5.41, 5.74) is 4.96. The van der Waals surface area contributed by atoms with Gasteiger partial charge in [0.1, 0.15) is 0 Å². The van der Waals surface area contributed by atoms with Gasteiger partial charge in [-0.25, -0.2) is 0 Å². The summed E-state index contributed by atoms with van der Waals surface area (Å²) in [5.74, 6) is -0.105. The van der Waals surface area contributed by atoms with Gasteiger partial charge in [-0.05, 0) is 19.8 Å². The zero-order valence-corrected chi connectivity index (χ0v) is 9.30. The first kappa shape index (κ1) is 12.0. The highest BCUT2D eigenvalue weighted by Crippen LogP contribution is 2.07. The highest BCUT2D eigenvalue weighted by Gasteiger charge is 2.27. The van der Waals surface area contributed by atoms with Crippen molar-refractivity contribution in [1.29, 1.82) is 0 Å². The molecule has 2 atom stereocenters. The average Bonchev–Trinajstić information content (AvgIpc) is 2.60. The minimum absolute atomic E-state index is 0.0558. The molecule has 0 bridgehead atoms. The van der Waals surface area contributed by atoms with Crippen molar-refractivity contribution in [2.24, 2.45) is 5.73 Å². The van der Waals surface area contributed by atoms with E-state index in [-0.39, 0.29) is 17.9 Å². The molecule has 0 radical (unpaired) electrons. The monoisotopic (exact) mass is 213 g/mol. The predicted octanol–water partition coefficient (Wildman–Crippen LogP) is -0.491. The lowest BCUT2D eigenvalue weighted by molar-refractivity contribution is -0.126. The maximum Gasteiger partial charge on any atom is 0.239 e. The third-order valence-corrected chi connectivity index (χ3v) is 2.85. The number of nitrogens with two attached hydrogens (primary N) is 1. The summed E-state index contributed by atoms with van der Waals surface area (Å²) in [6.07, 6.45) is 1.93. The third kappa shape index (κ3) is 3.20. The quantitative estimate of drug-likeness (QED) is 0.589. The van der Waals surface area contributed by atoms with Crippen LogP contribution in [0.15, 0.2) is 0 Å². The molecular weight excluding hydrogens is 194 g/mol. The topological polar surface area (TPSA) is 84.2 Å². The number of carbonyl (C=O) groups excluding carboxylic acids is 2. The van der Waals surface area contributed by atoms with Crippen LogP contribution in [0.5, 0.6) is 0 Å². The molecule has 0 saturated carbocycles. The second kappa shape index (κ2) is 4.61. The molecule has 0 aromatic heterocycles. The van der Waals surface area contributed by atoms with Crippen LogP contribution in [0.1, 0.15) is 33.1 Å². The Labute approximate surface area is 89.8 Å². The van der Waals surface area contributed by atoms with Crippen LogP contribution in [0.2, 0.25) is 0 Å². The SMILES string of the molecule is CCC(C)(N)C(=O)NCC1CCC(=O)N1. The normalized spacial score (nSPS) is 24.5. The van der Waals surface area contributed by atoms with E-state index >= 15 is 0 Å².